The molecule has 0 aliphatic rings. The predicted octanol–water partition coefficient (Wildman–Crippen LogP) is 3.89. The van der Waals surface area contributed by atoms with Crippen LogP contribution in [0.2, 0.25) is 5.15 Å². The first-order valence-electron chi connectivity index (χ1n) is 5.72. The standard InChI is InChI=1S/C12H19ClN2/c1-3-5-6-10(4-2)7-11-8-12(13)15-9-14-11/h8-10H,3-7H2,1-2H3. The van der Waals surface area contributed by atoms with Crippen molar-refractivity contribution in [2.75, 3.05) is 0 Å². The van der Waals surface area contributed by atoms with Gasteiger partial charge in [-0.05, 0) is 18.4 Å². The predicted molar refractivity (Wildman–Crippen MR) is 64.1 cm³/mol. The highest BCUT2D eigenvalue weighted by Gasteiger charge is 2.08. The second-order valence-electron chi connectivity index (χ2n) is 3.95. The Labute approximate surface area is 97.1 Å². The Kier molecular flexibility index (Phi) is 5.62. The van der Waals surface area contributed by atoms with E-state index in [0.717, 1.165) is 18.0 Å². The number of hydrogen-bond acceptors (Lipinski definition) is 2. The summed E-state index contributed by atoms with van der Waals surface area (Å²) in [6.07, 6.45) is 7.64. The molecule has 1 rings (SSSR count). The number of halogens is 1. The lowest BCUT2D eigenvalue weighted by Gasteiger charge is -2.13. The highest BCUT2D eigenvalue weighted by Crippen LogP contribution is 2.18. The SMILES string of the molecule is CCCCC(CC)Cc1cc(Cl)ncn1. The van der Waals surface area contributed by atoms with E-state index in [1.54, 1.807) is 6.33 Å². The molecule has 0 aromatic carbocycles. The summed E-state index contributed by atoms with van der Waals surface area (Å²) in [5.41, 5.74) is 1.07. The summed E-state index contributed by atoms with van der Waals surface area (Å²) in [6, 6.07) is 1.87. The highest BCUT2D eigenvalue weighted by molar-refractivity contribution is 6.29. The first-order chi connectivity index (χ1) is 7.26. The third-order valence-corrected chi connectivity index (χ3v) is 2.94. The van der Waals surface area contributed by atoms with Crippen LogP contribution in [0.3, 0.4) is 0 Å². The Balaban J connectivity index is 2.50. The molecule has 1 heterocycles. The number of rotatable bonds is 6. The molecule has 1 atom stereocenters. The molecular formula is C12H19ClN2. The third-order valence-electron chi connectivity index (χ3n) is 2.73. The maximum atomic E-state index is 5.82. The van der Waals surface area contributed by atoms with Crippen molar-refractivity contribution >= 4 is 11.6 Å². The van der Waals surface area contributed by atoms with Gasteiger partial charge in [-0.25, -0.2) is 9.97 Å². The zero-order valence-electron chi connectivity index (χ0n) is 9.54. The Morgan fingerprint density at radius 2 is 2.13 bits per heavy atom. The number of hydrogen-bond donors (Lipinski definition) is 0. The van der Waals surface area contributed by atoms with Crippen LogP contribution in [0.5, 0.6) is 0 Å². The molecule has 1 aromatic rings. The summed E-state index contributed by atoms with van der Waals surface area (Å²) in [5, 5.41) is 0.547. The van der Waals surface area contributed by atoms with Crippen LogP contribution >= 0.6 is 11.6 Å². The van der Waals surface area contributed by atoms with Crippen LogP contribution in [0, 0.1) is 5.92 Å². The van der Waals surface area contributed by atoms with E-state index in [2.05, 4.69) is 23.8 Å². The number of unbranched alkanes of at least 4 members (excludes halogenated alkanes) is 1. The summed E-state index contributed by atoms with van der Waals surface area (Å²) in [6.45, 7) is 4.47. The average molecular weight is 227 g/mol. The Hall–Kier alpha value is -0.630. The van der Waals surface area contributed by atoms with Gasteiger partial charge < -0.3 is 0 Å². The topological polar surface area (TPSA) is 25.8 Å². The fourth-order valence-electron chi connectivity index (χ4n) is 1.72. The van der Waals surface area contributed by atoms with Crippen LogP contribution in [0.1, 0.15) is 45.2 Å². The van der Waals surface area contributed by atoms with Crippen molar-refractivity contribution in [3.05, 3.63) is 23.2 Å². The van der Waals surface area contributed by atoms with Gasteiger partial charge in [-0.15, -0.1) is 0 Å². The molecule has 0 spiro atoms. The van der Waals surface area contributed by atoms with Gasteiger partial charge in [0.25, 0.3) is 0 Å². The number of aromatic nitrogens is 2. The van der Waals surface area contributed by atoms with Crippen molar-refractivity contribution in [1.29, 1.82) is 0 Å². The molecule has 84 valence electrons. The highest BCUT2D eigenvalue weighted by atomic mass is 35.5. The minimum absolute atomic E-state index is 0.547. The molecule has 1 unspecified atom stereocenters. The molecule has 0 radical (unpaired) electrons. The van der Waals surface area contributed by atoms with Crippen LogP contribution < -0.4 is 0 Å². The van der Waals surface area contributed by atoms with E-state index in [1.807, 2.05) is 6.07 Å². The summed E-state index contributed by atoms with van der Waals surface area (Å²) in [4.78, 5) is 8.13. The first-order valence-corrected chi connectivity index (χ1v) is 6.10. The number of nitrogens with zero attached hydrogens (tertiary/aromatic N) is 2. The molecule has 0 aliphatic carbocycles. The molecule has 0 N–H and O–H groups in total. The largest absolute Gasteiger partial charge is 0.241 e. The van der Waals surface area contributed by atoms with Crippen LogP contribution in [0.25, 0.3) is 0 Å². The molecule has 0 aliphatic heterocycles. The van der Waals surface area contributed by atoms with Gasteiger partial charge in [0, 0.05) is 5.69 Å². The molecule has 0 saturated heterocycles. The van der Waals surface area contributed by atoms with E-state index in [4.69, 9.17) is 11.6 Å². The molecule has 15 heavy (non-hydrogen) atoms. The van der Waals surface area contributed by atoms with Gasteiger partial charge in [-0.2, -0.15) is 0 Å². The molecular weight excluding hydrogens is 208 g/mol. The molecule has 2 nitrogen and oxygen atoms in total. The van der Waals surface area contributed by atoms with Gasteiger partial charge in [0.15, 0.2) is 0 Å². The summed E-state index contributed by atoms with van der Waals surface area (Å²) < 4.78 is 0. The van der Waals surface area contributed by atoms with Crippen molar-refractivity contribution < 1.29 is 0 Å². The van der Waals surface area contributed by atoms with E-state index >= 15 is 0 Å². The van der Waals surface area contributed by atoms with Gasteiger partial charge in [-0.1, -0.05) is 51.1 Å². The van der Waals surface area contributed by atoms with E-state index in [-0.39, 0.29) is 0 Å². The molecule has 0 saturated carbocycles. The van der Waals surface area contributed by atoms with Gasteiger partial charge in [0.05, 0.1) is 0 Å². The zero-order valence-corrected chi connectivity index (χ0v) is 10.3. The Bertz CT molecular complexity index is 289. The molecule has 3 heteroatoms. The van der Waals surface area contributed by atoms with Crippen LogP contribution in [-0.4, -0.2) is 9.97 Å². The summed E-state index contributed by atoms with van der Waals surface area (Å²) >= 11 is 5.82. The quantitative estimate of drug-likeness (QED) is 0.688. The summed E-state index contributed by atoms with van der Waals surface area (Å²) in [5.74, 6) is 0.732. The van der Waals surface area contributed by atoms with Crippen LogP contribution in [-0.2, 0) is 6.42 Å². The lowest BCUT2D eigenvalue weighted by molar-refractivity contribution is 0.445. The van der Waals surface area contributed by atoms with Crippen molar-refractivity contribution in [2.24, 2.45) is 5.92 Å². The van der Waals surface area contributed by atoms with E-state index in [9.17, 15) is 0 Å². The van der Waals surface area contributed by atoms with Crippen molar-refractivity contribution in [3.63, 3.8) is 0 Å². The zero-order chi connectivity index (χ0) is 11.1. The third kappa shape index (κ3) is 4.61. The van der Waals surface area contributed by atoms with Gasteiger partial charge >= 0.3 is 0 Å². The fourth-order valence-corrected chi connectivity index (χ4v) is 1.89. The van der Waals surface area contributed by atoms with Crippen molar-refractivity contribution in [2.45, 2.75) is 46.0 Å². The smallest absolute Gasteiger partial charge is 0.132 e. The fraction of sp³-hybridized carbons (Fsp3) is 0.667. The van der Waals surface area contributed by atoms with Gasteiger partial charge in [0.2, 0.25) is 0 Å². The summed E-state index contributed by atoms with van der Waals surface area (Å²) in [7, 11) is 0. The van der Waals surface area contributed by atoms with Crippen molar-refractivity contribution in [3.8, 4) is 0 Å². The maximum absolute atomic E-state index is 5.82. The molecule has 0 fully saturated rings. The minimum atomic E-state index is 0.547. The molecule has 0 amide bonds. The van der Waals surface area contributed by atoms with E-state index in [1.165, 1.54) is 25.7 Å². The normalized spacial score (nSPS) is 12.7. The lowest BCUT2D eigenvalue weighted by atomic mass is 9.94. The van der Waals surface area contributed by atoms with Crippen molar-refractivity contribution in [1.82, 2.24) is 9.97 Å². The van der Waals surface area contributed by atoms with E-state index < -0.39 is 0 Å². The van der Waals surface area contributed by atoms with Crippen LogP contribution in [0.15, 0.2) is 12.4 Å². The second-order valence-corrected chi connectivity index (χ2v) is 4.34. The second kappa shape index (κ2) is 6.78. The van der Waals surface area contributed by atoms with E-state index in [0.29, 0.717) is 5.15 Å². The average Bonchev–Trinajstić information content (AvgIpc) is 2.24. The van der Waals surface area contributed by atoms with Gasteiger partial charge in [0.1, 0.15) is 11.5 Å². The van der Waals surface area contributed by atoms with Gasteiger partial charge in [-0.3, -0.25) is 0 Å². The monoisotopic (exact) mass is 226 g/mol. The first kappa shape index (κ1) is 12.4. The minimum Gasteiger partial charge on any atom is -0.241 e. The molecule has 1 aromatic heterocycles. The maximum Gasteiger partial charge on any atom is 0.132 e. The lowest BCUT2D eigenvalue weighted by Crippen LogP contribution is -2.05. The molecule has 0 bridgehead atoms. The Morgan fingerprint density at radius 1 is 1.33 bits per heavy atom. The van der Waals surface area contributed by atoms with Crippen LogP contribution in [0.4, 0.5) is 0 Å². The Morgan fingerprint density at radius 3 is 2.73 bits per heavy atom.